The topological polar surface area (TPSA) is 80.5 Å². The van der Waals surface area contributed by atoms with Gasteiger partial charge in [-0.3, -0.25) is 14.5 Å². The highest BCUT2D eigenvalue weighted by molar-refractivity contribution is 6.08. The second-order valence-electron chi connectivity index (χ2n) is 9.04. The predicted molar refractivity (Wildman–Crippen MR) is 138 cm³/mol. The maximum atomic E-state index is 13.7. The molecule has 1 amide bonds. The van der Waals surface area contributed by atoms with Crippen LogP contribution in [0.25, 0.3) is 0 Å². The monoisotopic (exact) mass is 513 g/mol. The van der Waals surface area contributed by atoms with E-state index in [1.54, 1.807) is 42.6 Å². The van der Waals surface area contributed by atoms with Crippen molar-refractivity contribution in [1.29, 1.82) is 0 Å². The number of likely N-dealkylation sites (N-methyl/N-ethyl adjacent to an activating group) is 1. The number of para-hydroxylation sites is 1. The Morgan fingerprint density at radius 2 is 1.70 bits per heavy atom. The van der Waals surface area contributed by atoms with Crippen molar-refractivity contribution >= 4 is 17.3 Å². The van der Waals surface area contributed by atoms with Crippen LogP contribution in [0.5, 0.6) is 0 Å². The van der Waals surface area contributed by atoms with E-state index in [0.717, 1.165) is 50.4 Å². The number of rotatable bonds is 8. The number of carbonyl (C=O) groups is 1. The molecule has 37 heavy (non-hydrogen) atoms. The van der Waals surface area contributed by atoms with Gasteiger partial charge in [-0.2, -0.15) is 13.2 Å². The molecule has 4 rings (SSSR count). The molecule has 3 N–H and O–H groups in total. The van der Waals surface area contributed by atoms with E-state index in [2.05, 4.69) is 32.3 Å². The van der Waals surface area contributed by atoms with Crippen molar-refractivity contribution in [3.63, 3.8) is 0 Å². The standard InChI is InChI=1S/C27H30F3N5O2/c1-2-34-9-11-35(12-10-34)18-20-13-21(27(28,29)30)15-22(14-20)33-26(37)23-5-3-4-6-24(23)31-16-19-7-8-25(36)32-17-19/h3-8,13-15,17,31H,2,9-12,16,18H2,1H3,(H,32,36)(H,33,37). The average Bonchev–Trinajstić information content (AvgIpc) is 2.88. The van der Waals surface area contributed by atoms with E-state index >= 15 is 0 Å². The Hall–Kier alpha value is -3.63. The molecule has 1 aromatic heterocycles. The van der Waals surface area contributed by atoms with Gasteiger partial charge in [-0.15, -0.1) is 0 Å². The number of aromatic nitrogens is 1. The quantitative estimate of drug-likeness (QED) is 0.416. The Balaban J connectivity index is 1.51. The SMILES string of the molecule is CCN1CCN(Cc2cc(NC(=O)c3ccccc3NCc3ccc(=O)[nH]c3)cc(C(F)(F)F)c2)CC1. The van der Waals surface area contributed by atoms with E-state index in [-0.39, 0.29) is 11.2 Å². The largest absolute Gasteiger partial charge is 0.416 e. The summed E-state index contributed by atoms with van der Waals surface area (Å²) < 4.78 is 41.0. The molecule has 0 bridgehead atoms. The van der Waals surface area contributed by atoms with Gasteiger partial charge >= 0.3 is 6.18 Å². The number of nitrogens with one attached hydrogen (secondary N) is 3. The van der Waals surface area contributed by atoms with E-state index in [4.69, 9.17) is 0 Å². The van der Waals surface area contributed by atoms with Gasteiger partial charge in [0.05, 0.1) is 11.1 Å². The molecule has 0 radical (unpaired) electrons. The van der Waals surface area contributed by atoms with Gasteiger partial charge in [-0.05, 0) is 48.0 Å². The molecule has 10 heteroatoms. The molecule has 1 saturated heterocycles. The number of benzene rings is 2. The molecule has 1 fully saturated rings. The zero-order valence-corrected chi connectivity index (χ0v) is 20.6. The van der Waals surface area contributed by atoms with Gasteiger partial charge in [0.25, 0.3) is 5.91 Å². The number of aromatic amines is 1. The fraction of sp³-hybridized carbons (Fsp3) is 0.333. The van der Waals surface area contributed by atoms with Crippen LogP contribution >= 0.6 is 0 Å². The molecular weight excluding hydrogens is 483 g/mol. The van der Waals surface area contributed by atoms with Crippen LogP contribution in [0.2, 0.25) is 0 Å². The maximum absolute atomic E-state index is 13.7. The molecule has 0 unspecified atom stereocenters. The molecule has 2 aromatic carbocycles. The number of halogens is 3. The summed E-state index contributed by atoms with van der Waals surface area (Å²) in [5.41, 5.74) is 1.20. The van der Waals surface area contributed by atoms with Crippen LogP contribution in [-0.4, -0.2) is 53.4 Å². The van der Waals surface area contributed by atoms with Gasteiger partial charge in [0.2, 0.25) is 5.56 Å². The summed E-state index contributed by atoms with van der Waals surface area (Å²) in [6.45, 7) is 7.08. The molecule has 196 valence electrons. The van der Waals surface area contributed by atoms with E-state index < -0.39 is 17.6 Å². The lowest BCUT2D eigenvalue weighted by Gasteiger charge is -2.34. The normalized spacial score (nSPS) is 14.9. The second-order valence-corrected chi connectivity index (χ2v) is 9.04. The van der Waals surface area contributed by atoms with Crippen LogP contribution in [0.3, 0.4) is 0 Å². The molecule has 0 atom stereocenters. The fourth-order valence-electron chi connectivity index (χ4n) is 4.32. The molecule has 3 aromatic rings. The minimum Gasteiger partial charge on any atom is -0.380 e. The van der Waals surface area contributed by atoms with Gasteiger partial charge < -0.3 is 20.5 Å². The third-order valence-electron chi connectivity index (χ3n) is 6.40. The number of amides is 1. The molecule has 0 spiro atoms. The van der Waals surface area contributed by atoms with E-state index in [9.17, 15) is 22.8 Å². The lowest BCUT2D eigenvalue weighted by Crippen LogP contribution is -2.45. The minimum atomic E-state index is -4.54. The molecule has 0 saturated carbocycles. The van der Waals surface area contributed by atoms with Crippen LogP contribution in [0.4, 0.5) is 24.5 Å². The van der Waals surface area contributed by atoms with Crippen molar-refractivity contribution in [2.45, 2.75) is 26.2 Å². The summed E-state index contributed by atoms with van der Waals surface area (Å²) in [5.74, 6) is -0.522. The van der Waals surface area contributed by atoms with Crippen LogP contribution in [0, 0.1) is 0 Å². The Morgan fingerprint density at radius 3 is 2.38 bits per heavy atom. The van der Waals surface area contributed by atoms with Crippen LogP contribution < -0.4 is 16.2 Å². The smallest absolute Gasteiger partial charge is 0.380 e. The summed E-state index contributed by atoms with van der Waals surface area (Å²) >= 11 is 0. The van der Waals surface area contributed by atoms with Crippen LogP contribution in [-0.2, 0) is 19.3 Å². The first-order valence-electron chi connectivity index (χ1n) is 12.2. The van der Waals surface area contributed by atoms with Gasteiger partial charge in [-0.25, -0.2) is 0 Å². The zero-order chi connectivity index (χ0) is 26.4. The number of H-pyrrole nitrogens is 1. The first kappa shape index (κ1) is 26.4. The lowest BCUT2D eigenvalue weighted by atomic mass is 10.1. The van der Waals surface area contributed by atoms with Crippen LogP contribution in [0.1, 0.15) is 34.0 Å². The Morgan fingerprint density at radius 1 is 0.973 bits per heavy atom. The van der Waals surface area contributed by atoms with Crippen molar-refractivity contribution in [2.75, 3.05) is 43.4 Å². The highest BCUT2D eigenvalue weighted by atomic mass is 19.4. The van der Waals surface area contributed by atoms with Gasteiger partial charge in [0.15, 0.2) is 0 Å². The molecule has 0 aliphatic carbocycles. The van der Waals surface area contributed by atoms with E-state index in [1.165, 1.54) is 6.07 Å². The summed E-state index contributed by atoms with van der Waals surface area (Å²) in [4.78, 5) is 31.4. The van der Waals surface area contributed by atoms with Gasteiger partial charge in [0, 0.05) is 62.9 Å². The highest BCUT2D eigenvalue weighted by Crippen LogP contribution is 2.33. The third-order valence-corrected chi connectivity index (χ3v) is 6.40. The van der Waals surface area contributed by atoms with Crippen molar-refractivity contribution in [3.8, 4) is 0 Å². The molecule has 7 nitrogen and oxygen atoms in total. The van der Waals surface area contributed by atoms with Crippen molar-refractivity contribution < 1.29 is 18.0 Å². The summed E-state index contributed by atoms with van der Waals surface area (Å²) in [7, 11) is 0. The number of nitrogens with zero attached hydrogens (tertiary/aromatic N) is 2. The van der Waals surface area contributed by atoms with Crippen LogP contribution in [0.15, 0.2) is 65.6 Å². The summed E-state index contributed by atoms with van der Waals surface area (Å²) in [5, 5.41) is 5.81. The second kappa shape index (κ2) is 11.6. The first-order valence-corrected chi connectivity index (χ1v) is 12.2. The van der Waals surface area contributed by atoms with Crippen molar-refractivity contribution in [3.05, 3.63) is 93.4 Å². The van der Waals surface area contributed by atoms with Gasteiger partial charge in [-0.1, -0.05) is 25.1 Å². The Kier molecular flexibility index (Phi) is 8.30. The number of carbonyl (C=O) groups excluding carboxylic acids is 1. The Bertz CT molecular complexity index is 1260. The zero-order valence-electron chi connectivity index (χ0n) is 20.6. The predicted octanol–water partition coefficient (Wildman–Crippen LogP) is 4.40. The Labute approximate surface area is 213 Å². The molecule has 1 aliphatic heterocycles. The number of piperazine rings is 1. The maximum Gasteiger partial charge on any atom is 0.416 e. The minimum absolute atomic E-state index is 0.0949. The number of alkyl halides is 3. The number of pyridine rings is 1. The van der Waals surface area contributed by atoms with Crippen molar-refractivity contribution in [1.82, 2.24) is 14.8 Å². The fourth-order valence-corrected chi connectivity index (χ4v) is 4.32. The molecule has 2 heterocycles. The highest BCUT2D eigenvalue weighted by Gasteiger charge is 2.31. The average molecular weight is 514 g/mol. The summed E-state index contributed by atoms with van der Waals surface area (Å²) in [6.07, 6.45) is -2.96. The number of hydrogen-bond donors (Lipinski definition) is 3. The van der Waals surface area contributed by atoms with E-state index in [0.29, 0.717) is 29.9 Å². The number of anilines is 2. The van der Waals surface area contributed by atoms with Crippen molar-refractivity contribution in [2.24, 2.45) is 0 Å². The molecule has 1 aliphatic rings. The first-order chi connectivity index (χ1) is 17.7. The lowest BCUT2D eigenvalue weighted by molar-refractivity contribution is -0.137. The third kappa shape index (κ3) is 7.21. The van der Waals surface area contributed by atoms with E-state index in [1.807, 2.05) is 0 Å². The molecular formula is C27H30F3N5O2. The van der Waals surface area contributed by atoms with Gasteiger partial charge in [0.1, 0.15) is 0 Å². The summed E-state index contributed by atoms with van der Waals surface area (Å²) in [6, 6.07) is 13.6. The number of hydrogen-bond acceptors (Lipinski definition) is 5.